The van der Waals surface area contributed by atoms with Gasteiger partial charge in [0.2, 0.25) is 0 Å². The molecule has 0 aromatic heterocycles. The van der Waals surface area contributed by atoms with Crippen LogP contribution < -0.4 is 0 Å². The molecule has 5 nitrogen and oxygen atoms in total. The molecule has 5 saturated carbocycles. The van der Waals surface area contributed by atoms with E-state index in [1.807, 2.05) is 0 Å². The van der Waals surface area contributed by atoms with Crippen molar-refractivity contribution >= 4 is 0 Å². The maximum atomic E-state index is 10.7. The summed E-state index contributed by atoms with van der Waals surface area (Å²) in [6.45, 7) is 23.9. The molecule has 0 spiro atoms. The molecule has 3 N–H and O–H groups in total. The SMILES string of the molecule is C=C(C)[C@@H]1CC[C@]2(C)CC[C@]3(C)[C@H](CCC4[C@@]5(C)CC[C@@H](O[C@@H]6O[C@@H](C)[C@H](O)[C@@H](O)[C@H]6O)C(C)(C)[C@@H]5CC[C@]43C)[C@@H]12. The molecule has 1 heterocycles. The Morgan fingerprint density at radius 2 is 1.46 bits per heavy atom. The molecule has 0 radical (unpaired) electrons. The van der Waals surface area contributed by atoms with Gasteiger partial charge in [0.15, 0.2) is 6.29 Å². The average Bonchev–Trinajstić information content (AvgIpc) is 3.25. The molecule has 6 aliphatic rings. The smallest absolute Gasteiger partial charge is 0.186 e. The first-order chi connectivity index (χ1) is 19.0. The van der Waals surface area contributed by atoms with Gasteiger partial charge in [-0.3, -0.25) is 0 Å². The Labute approximate surface area is 249 Å². The molecule has 5 aliphatic carbocycles. The molecule has 234 valence electrons. The summed E-state index contributed by atoms with van der Waals surface area (Å²) in [6.07, 6.45) is 7.59. The summed E-state index contributed by atoms with van der Waals surface area (Å²) < 4.78 is 12.4. The lowest BCUT2D eigenvalue weighted by Gasteiger charge is -2.73. The fraction of sp³-hybridized carbons (Fsp3) is 0.944. The minimum atomic E-state index is -1.26. The van der Waals surface area contributed by atoms with Crippen molar-refractivity contribution in [1.82, 2.24) is 0 Å². The number of hydrogen-bond donors (Lipinski definition) is 3. The van der Waals surface area contributed by atoms with E-state index in [1.54, 1.807) is 6.92 Å². The monoisotopic (exact) mass is 572 g/mol. The predicted octanol–water partition coefficient (Wildman–Crippen LogP) is 6.88. The van der Waals surface area contributed by atoms with Crippen LogP contribution in [0.1, 0.15) is 120 Å². The Bertz CT molecular complexity index is 1040. The minimum Gasteiger partial charge on any atom is -0.388 e. The molecule has 0 aromatic carbocycles. The lowest BCUT2D eigenvalue weighted by atomic mass is 9.32. The number of ether oxygens (including phenoxy) is 2. The third-order valence-corrected chi connectivity index (χ3v) is 15.5. The zero-order valence-corrected chi connectivity index (χ0v) is 27.3. The molecule has 1 saturated heterocycles. The summed E-state index contributed by atoms with van der Waals surface area (Å²) in [5, 5.41) is 31.3. The Hall–Kier alpha value is -0.460. The van der Waals surface area contributed by atoms with Crippen LogP contribution in [0.2, 0.25) is 0 Å². The second-order valence-electron chi connectivity index (χ2n) is 17.5. The highest BCUT2D eigenvalue weighted by atomic mass is 16.7. The fourth-order valence-corrected chi connectivity index (χ4v) is 13.0. The van der Waals surface area contributed by atoms with Crippen LogP contribution in [0.4, 0.5) is 0 Å². The number of aliphatic hydroxyl groups is 3. The number of hydrogen-bond acceptors (Lipinski definition) is 5. The molecule has 6 fully saturated rings. The number of fused-ring (bicyclic) bond motifs is 7. The molecule has 0 amide bonds. The van der Waals surface area contributed by atoms with Gasteiger partial charge in [0.1, 0.15) is 18.3 Å². The molecule has 5 heteroatoms. The van der Waals surface area contributed by atoms with Gasteiger partial charge in [-0.25, -0.2) is 0 Å². The summed E-state index contributed by atoms with van der Waals surface area (Å²) in [5.41, 5.74) is 2.80. The van der Waals surface area contributed by atoms with Gasteiger partial charge in [-0.1, -0.05) is 53.7 Å². The van der Waals surface area contributed by atoms with Crippen molar-refractivity contribution in [2.75, 3.05) is 0 Å². The molecule has 0 bridgehead atoms. The van der Waals surface area contributed by atoms with E-state index in [4.69, 9.17) is 9.47 Å². The number of rotatable bonds is 3. The molecule has 6 rings (SSSR count). The van der Waals surface area contributed by atoms with Crippen LogP contribution in [0.15, 0.2) is 12.2 Å². The van der Waals surface area contributed by atoms with E-state index in [0.717, 1.165) is 24.7 Å². The van der Waals surface area contributed by atoms with Gasteiger partial charge < -0.3 is 24.8 Å². The van der Waals surface area contributed by atoms with Gasteiger partial charge in [0.05, 0.1) is 12.2 Å². The molecule has 1 unspecified atom stereocenters. The van der Waals surface area contributed by atoms with Crippen molar-refractivity contribution in [1.29, 1.82) is 0 Å². The summed E-state index contributed by atoms with van der Waals surface area (Å²) >= 11 is 0. The lowest BCUT2D eigenvalue weighted by Crippen LogP contribution is -2.67. The first-order valence-corrected chi connectivity index (χ1v) is 17.0. The highest BCUT2D eigenvalue weighted by Crippen LogP contribution is 2.77. The standard InChI is InChI=1S/C36H60O5/c1-20(2)22-12-15-33(6)18-19-35(8)23(27(22)33)10-11-25-34(7)16-14-26(32(4,5)24(34)13-17-36(25,35)9)41-31-30(39)29(38)28(37)21(3)40-31/h21-31,37-39H,1,10-19H2,2-9H3/t21-,22-,23+,24-,25?,26+,27+,28-,29+,30+,31-,33+,34-,35+,36+/m0/s1. The second kappa shape index (κ2) is 9.77. The van der Waals surface area contributed by atoms with Crippen LogP contribution in [-0.2, 0) is 9.47 Å². The van der Waals surface area contributed by atoms with Gasteiger partial charge in [-0.2, -0.15) is 0 Å². The van der Waals surface area contributed by atoms with E-state index in [-0.39, 0.29) is 16.9 Å². The molecule has 15 atom stereocenters. The first kappa shape index (κ1) is 30.6. The molecule has 0 aromatic rings. The normalized spacial score (nSPS) is 58.1. The van der Waals surface area contributed by atoms with Gasteiger partial charge >= 0.3 is 0 Å². The third-order valence-electron chi connectivity index (χ3n) is 15.5. The first-order valence-electron chi connectivity index (χ1n) is 17.0. The van der Waals surface area contributed by atoms with Crippen LogP contribution >= 0.6 is 0 Å². The molecular formula is C36H60O5. The average molecular weight is 573 g/mol. The zero-order chi connectivity index (χ0) is 29.9. The summed E-state index contributed by atoms with van der Waals surface area (Å²) in [5.74, 6) is 3.53. The van der Waals surface area contributed by atoms with Crippen molar-refractivity contribution < 1.29 is 24.8 Å². The van der Waals surface area contributed by atoms with Crippen molar-refractivity contribution in [3.8, 4) is 0 Å². The number of allylic oxidation sites excluding steroid dienone is 1. The largest absolute Gasteiger partial charge is 0.388 e. The van der Waals surface area contributed by atoms with Crippen LogP contribution in [0.5, 0.6) is 0 Å². The zero-order valence-electron chi connectivity index (χ0n) is 27.3. The van der Waals surface area contributed by atoms with Crippen LogP contribution in [0, 0.1) is 56.7 Å². The highest BCUT2D eigenvalue weighted by molar-refractivity contribution is 5.21. The van der Waals surface area contributed by atoms with Gasteiger partial charge in [0, 0.05) is 0 Å². The van der Waals surface area contributed by atoms with Gasteiger partial charge in [-0.05, 0) is 135 Å². The van der Waals surface area contributed by atoms with Gasteiger partial charge in [0.25, 0.3) is 0 Å². The summed E-state index contributed by atoms with van der Waals surface area (Å²) in [6, 6.07) is 0. The molecular weight excluding hydrogens is 512 g/mol. The van der Waals surface area contributed by atoms with Crippen molar-refractivity contribution in [2.24, 2.45) is 56.7 Å². The third kappa shape index (κ3) is 4.10. The van der Waals surface area contributed by atoms with Crippen molar-refractivity contribution in [3.05, 3.63) is 12.2 Å². The van der Waals surface area contributed by atoms with Crippen molar-refractivity contribution in [2.45, 2.75) is 156 Å². The molecule has 41 heavy (non-hydrogen) atoms. The summed E-state index contributed by atoms with van der Waals surface area (Å²) in [7, 11) is 0. The van der Waals surface area contributed by atoms with Crippen LogP contribution in [-0.4, -0.2) is 52.1 Å². The van der Waals surface area contributed by atoms with E-state index >= 15 is 0 Å². The summed E-state index contributed by atoms with van der Waals surface area (Å²) in [4.78, 5) is 0. The minimum absolute atomic E-state index is 0.0589. The maximum absolute atomic E-state index is 10.7. The highest BCUT2D eigenvalue weighted by Gasteiger charge is 2.70. The van der Waals surface area contributed by atoms with E-state index in [1.165, 1.54) is 56.9 Å². The Morgan fingerprint density at radius 3 is 2.15 bits per heavy atom. The van der Waals surface area contributed by atoms with Crippen LogP contribution in [0.25, 0.3) is 0 Å². The Balaban J connectivity index is 1.26. The van der Waals surface area contributed by atoms with Crippen LogP contribution in [0.3, 0.4) is 0 Å². The molecule has 1 aliphatic heterocycles. The predicted molar refractivity (Wildman–Crippen MR) is 162 cm³/mol. The lowest BCUT2D eigenvalue weighted by molar-refractivity contribution is -0.326. The van der Waals surface area contributed by atoms with Crippen molar-refractivity contribution in [3.63, 3.8) is 0 Å². The number of aliphatic hydroxyl groups excluding tert-OH is 3. The van der Waals surface area contributed by atoms with E-state index in [9.17, 15) is 15.3 Å². The van der Waals surface area contributed by atoms with Gasteiger partial charge in [-0.15, -0.1) is 0 Å². The second-order valence-corrected chi connectivity index (χ2v) is 17.5. The van der Waals surface area contributed by atoms with E-state index < -0.39 is 30.7 Å². The quantitative estimate of drug-likeness (QED) is 0.254. The Kier molecular flexibility index (Phi) is 7.28. The topological polar surface area (TPSA) is 79.2 Å². The van der Waals surface area contributed by atoms with E-state index in [2.05, 4.69) is 55.0 Å². The maximum Gasteiger partial charge on any atom is 0.186 e. The van der Waals surface area contributed by atoms with E-state index in [0.29, 0.717) is 34.0 Å². The Morgan fingerprint density at radius 1 is 0.756 bits per heavy atom. The fourth-order valence-electron chi connectivity index (χ4n) is 13.0.